The summed E-state index contributed by atoms with van der Waals surface area (Å²) >= 11 is 5.89. The Bertz CT molecular complexity index is 609. The maximum Gasteiger partial charge on any atom is 0.419 e. The zero-order valence-corrected chi connectivity index (χ0v) is 10.8. The van der Waals surface area contributed by atoms with Crippen molar-refractivity contribution >= 4 is 11.6 Å². The fourth-order valence-electron chi connectivity index (χ4n) is 1.65. The predicted molar refractivity (Wildman–Crippen MR) is 66.5 cm³/mol. The molecule has 0 fully saturated rings. The van der Waals surface area contributed by atoms with E-state index in [0.29, 0.717) is 11.9 Å². The van der Waals surface area contributed by atoms with Gasteiger partial charge in [0.1, 0.15) is 6.17 Å². The quantitative estimate of drug-likeness (QED) is 0.882. The molecule has 0 spiro atoms. The lowest BCUT2D eigenvalue weighted by Gasteiger charge is -2.10. The molecule has 0 aliphatic rings. The minimum Gasteiger partial charge on any atom is -0.327 e. The molecule has 0 bridgehead atoms. The number of hydrogen-bond donors (Lipinski definition) is 1. The second kappa shape index (κ2) is 5.41. The molecule has 8 heteroatoms. The summed E-state index contributed by atoms with van der Waals surface area (Å²) < 4.78 is 51.9. The Kier molecular flexibility index (Phi) is 4.01. The van der Waals surface area contributed by atoms with Gasteiger partial charge < -0.3 is 5.73 Å². The number of hydrogen-bond acceptors (Lipinski definition) is 2. The van der Waals surface area contributed by atoms with Crippen LogP contribution in [0.15, 0.2) is 30.6 Å². The molecule has 0 saturated heterocycles. The van der Waals surface area contributed by atoms with Crippen LogP contribution in [0.1, 0.15) is 17.3 Å². The normalized spacial score (nSPS) is 13.5. The maximum atomic E-state index is 13.4. The molecule has 0 aliphatic carbocycles. The first-order valence-electron chi connectivity index (χ1n) is 5.58. The zero-order valence-electron chi connectivity index (χ0n) is 10.0. The lowest BCUT2D eigenvalue weighted by molar-refractivity contribution is -0.137. The van der Waals surface area contributed by atoms with Crippen LogP contribution in [0, 0.1) is 0 Å². The SMILES string of the molecule is NCC(F)c1ccc(-n2cc(C(F)(F)F)cn2)cc1Cl. The van der Waals surface area contributed by atoms with E-state index in [-0.39, 0.29) is 17.1 Å². The van der Waals surface area contributed by atoms with Gasteiger partial charge in [-0.1, -0.05) is 17.7 Å². The number of rotatable bonds is 3. The second-order valence-electron chi connectivity index (χ2n) is 4.08. The Hall–Kier alpha value is -1.60. The first kappa shape index (κ1) is 14.8. The summed E-state index contributed by atoms with van der Waals surface area (Å²) in [4.78, 5) is 0. The van der Waals surface area contributed by atoms with Crippen molar-refractivity contribution in [1.82, 2.24) is 9.78 Å². The highest BCUT2D eigenvalue weighted by Gasteiger charge is 2.32. The van der Waals surface area contributed by atoms with Gasteiger partial charge in [-0.25, -0.2) is 9.07 Å². The second-order valence-corrected chi connectivity index (χ2v) is 4.49. The average Bonchev–Trinajstić information content (AvgIpc) is 2.87. The van der Waals surface area contributed by atoms with E-state index in [4.69, 9.17) is 17.3 Å². The fourth-order valence-corrected chi connectivity index (χ4v) is 1.94. The Balaban J connectivity index is 2.35. The van der Waals surface area contributed by atoms with E-state index in [9.17, 15) is 17.6 Å². The number of alkyl halides is 4. The van der Waals surface area contributed by atoms with Crippen molar-refractivity contribution in [2.24, 2.45) is 5.73 Å². The predicted octanol–water partition coefficient (Wildman–Crippen LogP) is 3.51. The molecule has 1 aromatic carbocycles. The summed E-state index contributed by atoms with van der Waals surface area (Å²) in [5, 5.41) is 3.70. The number of benzene rings is 1. The van der Waals surface area contributed by atoms with Gasteiger partial charge in [0, 0.05) is 23.3 Å². The molecule has 0 amide bonds. The molecular weight excluding hydrogens is 298 g/mol. The molecule has 2 N–H and O–H groups in total. The Morgan fingerprint density at radius 3 is 2.55 bits per heavy atom. The summed E-state index contributed by atoms with van der Waals surface area (Å²) in [7, 11) is 0. The van der Waals surface area contributed by atoms with Crippen LogP contribution >= 0.6 is 11.6 Å². The van der Waals surface area contributed by atoms with Crippen molar-refractivity contribution in [3.05, 3.63) is 46.7 Å². The first-order chi connectivity index (χ1) is 9.32. The Labute approximate surface area is 116 Å². The molecule has 0 radical (unpaired) electrons. The number of nitrogens with two attached hydrogens (primary N) is 1. The molecule has 2 aromatic rings. The fraction of sp³-hybridized carbons (Fsp3) is 0.250. The van der Waals surface area contributed by atoms with E-state index in [0.717, 1.165) is 10.9 Å². The van der Waals surface area contributed by atoms with Crippen LogP contribution in [0.25, 0.3) is 5.69 Å². The van der Waals surface area contributed by atoms with Crippen LogP contribution in [0.3, 0.4) is 0 Å². The van der Waals surface area contributed by atoms with E-state index in [1.807, 2.05) is 0 Å². The molecule has 1 atom stereocenters. The third-order valence-electron chi connectivity index (χ3n) is 2.70. The third-order valence-corrected chi connectivity index (χ3v) is 3.03. The summed E-state index contributed by atoms with van der Waals surface area (Å²) in [5.74, 6) is 0. The monoisotopic (exact) mass is 307 g/mol. The van der Waals surface area contributed by atoms with Gasteiger partial charge in [-0.05, 0) is 12.1 Å². The molecule has 2 rings (SSSR count). The Morgan fingerprint density at radius 2 is 2.05 bits per heavy atom. The van der Waals surface area contributed by atoms with Gasteiger partial charge in [-0.15, -0.1) is 0 Å². The lowest BCUT2D eigenvalue weighted by Crippen LogP contribution is -2.08. The average molecular weight is 308 g/mol. The van der Waals surface area contributed by atoms with Crippen LogP contribution < -0.4 is 5.73 Å². The summed E-state index contributed by atoms with van der Waals surface area (Å²) in [5.41, 5.74) is 4.82. The zero-order chi connectivity index (χ0) is 14.9. The highest BCUT2D eigenvalue weighted by molar-refractivity contribution is 6.31. The summed E-state index contributed by atoms with van der Waals surface area (Å²) in [6, 6.07) is 4.15. The number of halogens is 5. The van der Waals surface area contributed by atoms with E-state index < -0.39 is 17.9 Å². The summed E-state index contributed by atoms with van der Waals surface area (Å²) in [6.45, 7) is -0.223. The van der Waals surface area contributed by atoms with Crippen molar-refractivity contribution in [2.45, 2.75) is 12.3 Å². The van der Waals surface area contributed by atoms with Gasteiger partial charge in [0.25, 0.3) is 0 Å². The van der Waals surface area contributed by atoms with Crippen molar-refractivity contribution < 1.29 is 17.6 Å². The number of aromatic nitrogens is 2. The molecule has 0 aliphatic heterocycles. The Morgan fingerprint density at radius 1 is 1.35 bits per heavy atom. The van der Waals surface area contributed by atoms with Crippen molar-refractivity contribution in [3.63, 3.8) is 0 Å². The van der Waals surface area contributed by atoms with Gasteiger partial charge in [-0.3, -0.25) is 0 Å². The third kappa shape index (κ3) is 2.94. The highest BCUT2D eigenvalue weighted by Crippen LogP contribution is 2.30. The van der Waals surface area contributed by atoms with Gasteiger partial charge in [0.2, 0.25) is 0 Å². The largest absolute Gasteiger partial charge is 0.419 e. The van der Waals surface area contributed by atoms with Crippen LogP contribution in [0.2, 0.25) is 5.02 Å². The first-order valence-corrected chi connectivity index (χ1v) is 5.96. The minimum atomic E-state index is -4.47. The molecule has 0 saturated carbocycles. The summed E-state index contributed by atoms with van der Waals surface area (Å²) in [6.07, 6.45) is -4.34. The van der Waals surface area contributed by atoms with Gasteiger partial charge in [0.05, 0.1) is 17.4 Å². The molecule has 1 unspecified atom stereocenters. The molecule has 20 heavy (non-hydrogen) atoms. The van der Waals surface area contributed by atoms with Crippen molar-refractivity contribution in [2.75, 3.05) is 6.54 Å². The van der Waals surface area contributed by atoms with E-state index in [2.05, 4.69) is 5.10 Å². The smallest absolute Gasteiger partial charge is 0.327 e. The standard InChI is InChI=1S/C12H10ClF4N3/c13-10-3-8(1-2-9(10)11(14)4-18)20-6-7(5-19-20)12(15,16)17/h1-3,5-6,11H,4,18H2. The van der Waals surface area contributed by atoms with Crippen LogP contribution in [0.5, 0.6) is 0 Å². The lowest BCUT2D eigenvalue weighted by atomic mass is 10.1. The van der Waals surface area contributed by atoms with E-state index in [1.165, 1.54) is 18.2 Å². The topological polar surface area (TPSA) is 43.8 Å². The van der Waals surface area contributed by atoms with Gasteiger partial charge >= 0.3 is 6.18 Å². The molecule has 1 aromatic heterocycles. The highest BCUT2D eigenvalue weighted by atomic mass is 35.5. The van der Waals surface area contributed by atoms with E-state index >= 15 is 0 Å². The van der Waals surface area contributed by atoms with Crippen LogP contribution in [-0.4, -0.2) is 16.3 Å². The van der Waals surface area contributed by atoms with E-state index in [1.54, 1.807) is 0 Å². The van der Waals surface area contributed by atoms with Crippen LogP contribution in [0.4, 0.5) is 17.6 Å². The molecule has 108 valence electrons. The molecule has 1 heterocycles. The van der Waals surface area contributed by atoms with Crippen molar-refractivity contribution in [3.8, 4) is 5.69 Å². The van der Waals surface area contributed by atoms with Crippen molar-refractivity contribution in [1.29, 1.82) is 0 Å². The molecular formula is C12H10ClF4N3. The van der Waals surface area contributed by atoms with Crippen LogP contribution in [-0.2, 0) is 6.18 Å². The van der Waals surface area contributed by atoms with Gasteiger partial charge in [0.15, 0.2) is 0 Å². The minimum absolute atomic E-state index is 0.0875. The number of nitrogens with zero attached hydrogens (tertiary/aromatic N) is 2. The maximum absolute atomic E-state index is 13.4. The van der Waals surface area contributed by atoms with Gasteiger partial charge in [-0.2, -0.15) is 18.3 Å². The molecule has 3 nitrogen and oxygen atoms in total.